The van der Waals surface area contributed by atoms with Crippen molar-refractivity contribution in [2.45, 2.75) is 19.5 Å². The molecule has 68 valence electrons. The summed E-state index contributed by atoms with van der Waals surface area (Å²) >= 11 is 0. The number of rotatable bonds is 4. The van der Waals surface area contributed by atoms with Crippen LogP contribution in [0.15, 0.2) is 12.5 Å². The molecular formula is C8H16N4. The zero-order valence-electron chi connectivity index (χ0n) is 7.62. The van der Waals surface area contributed by atoms with E-state index in [1.165, 1.54) is 5.69 Å². The summed E-state index contributed by atoms with van der Waals surface area (Å²) in [5, 5.41) is 3.29. The molecule has 0 aliphatic rings. The van der Waals surface area contributed by atoms with E-state index in [1.54, 1.807) is 6.33 Å². The number of nitrogens with one attached hydrogen (secondary N) is 1. The van der Waals surface area contributed by atoms with Crippen LogP contribution in [0.4, 0.5) is 0 Å². The van der Waals surface area contributed by atoms with E-state index in [1.807, 2.05) is 17.8 Å². The van der Waals surface area contributed by atoms with Crippen LogP contribution >= 0.6 is 0 Å². The molecule has 0 spiro atoms. The van der Waals surface area contributed by atoms with Gasteiger partial charge in [-0.15, -0.1) is 0 Å². The SMILES string of the molecule is CC(CN)NCc1cncn1C. The van der Waals surface area contributed by atoms with Crippen molar-refractivity contribution in [1.82, 2.24) is 14.9 Å². The lowest BCUT2D eigenvalue weighted by Crippen LogP contribution is -2.33. The number of hydrogen-bond acceptors (Lipinski definition) is 3. The van der Waals surface area contributed by atoms with Crippen LogP contribution in [0.3, 0.4) is 0 Å². The number of imidazole rings is 1. The molecule has 0 saturated carbocycles. The highest BCUT2D eigenvalue weighted by molar-refractivity contribution is 4.96. The number of nitrogens with zero attached hydrogens (tertiary/aromatic N) is 2. The van der Waals surface area contributed by atoms with E-state index in [-0.39, 0.29) is 0 Å². The van der Waals surface area contributed by atoms with Gasteiger partial charge in [-0.1, -0.05) is 0 Å². The molecule has 3 N–H and O–H groups in total. The zero-order chi connectivity index (χ0) is 8.97. The molecule has 1 heterocycles. The summed E-state index contributed by atoms with van der Waals surface area (Å²) in [6.07, 6.45) is 3.65. The van der Waals surface area contributed by atoms with Gasteiger partial charge in [0, 0.05) is 32.4 Å². The highest BCUT2D eigenvalue weighted by Gasteiger charge is 2.00. The first kappa shape index (κ1) is 9.22. The molecule has 1 atom stereocenters. The molecule has 0 aliphatic heterocycles. The van der Waals surface area contributed by atoms with Gasteiger partial charge >= 0.3 is 0 Å². The standard InChI is InChI=1S/C8H16N4/c1-7(3-9)11-5-8-4-10-6-12(8)2/h4,6-7,11H,3,5,9H2,1-2H3. The second-order valence-electron chi connectivity index (χ2n) is 3.01. The second-order valence-corrected chi connectivity index (χ2v) is 3.01. The van der Waals surface area contributed by atoms with E-state index in [0.717, 1.165) is 6.54 Å². The van der Waals surface area contributed by atoms with Crippen molar-refractivity contribution in [3.63, 3.8) is 0 Å². The summed E-state index contributed by atoms with van der Waals surface area (Å²) in [5.74, 6) is 0. The molecule has 1 aromatic rings. The van der Waals surface area contributed by atoms with Gasteiger partial charge in [0.25, 0.3) is 0 Å². The van der Waals surface area contributed by atoms with E-state index < -0.39 is 0 Å². The minimum atomic E-state index is 0.361. The third kappa shape index (κ3) is 2.32. The first-order chi connectivity index (χ1) is 5.74. The van der Waals surface area contributed by atoms with Crippen molar-refractivity contribution in [3.8, 4) is 0 Å². The highest BCUT2D eigenvalue weighted by Crippen LogP contribution is 1.95. The number of aryl methyl sites for hydroxylation is 1. The van der Waals surface area contributed by atoms with E-state index in [0.29, 0.717) is 12.6 Å². The molecule has 12 heavy (non-hydrogen) atoms. The molecule has 1 rings (SSSR count). The van der Waals surface area contributed by atoms with E-state index >= 15 is 0 Å². The van der Waals surface area contributed by atoms with Gasteiger partial charge in [-0.05, 0) is 6.92 Å². The summed E-state index contributed by atoms with van der Waals surface area (Å²) in [6.45, 7) is 3.56. The van der Waals surface area contributed by atoms with Gasteiger partial charge < -0.3 is 15.6 Å². The Balaban J connectivity index is 2.38. The second kappa shape index (κ2) is 4.23. The van der Waals surface area contributed by atoms with Crippen LogP contribution in [-0.2, 0) is 13.6 Å². The van der Waals surface area contributed by atoms with Crippen molar-refractivity contribution in [2.24, 2.45) is 12.8 Å². The molecule has 0 saturated heterocycles. The molecule has 0 radical (unpaired) electrons. The predicted molar refractivity (Wildman–Crippen MR) is 48.6 cm³/mol. The lowest BCUT2D eigenvalue weighted by molar-refractivity contribution is 0.542. The number of aromatic nitrogens is 2. The van der Waals surface area contributed by atoms with Crippen molar-refractivity contribution in [3.05, 3.63) is 18.2 Å². The molecule has 1 aromatic heterocycles. The summed E-state index contributed by atoms with van der Waals surface area (Å²) in [6, 6.07) is 0.361. The van der Waals surface area contributed by atoms with E-state index in [2.05, 4.69) is 17.2 Å². The molecule has 0 aliphatic carbocycles. The van der Waals surface area contributed by atoms with Crippen molar-refractivity contribution >= 4 is 0 Å². The van der Waals surface area contributed by atoms with Gasteiger partial charge in [-0.3, -0.25) is 0 Å². The summed E-state index contributed by atoms with van der Waals surface area (Å²) in [7, 11) is 1.98. The smallest absolute Gasteiger partial charge is 0.0945 e. The van der Waals surface area contributed by atoms with Crippen molar-refractivity contribution < 1.29 is 0 Å². The Bertz CT molecular complexity index is 231. The van der Waals surface area contributed by atoms with Crippen LogP contribution in [0.25, 0.3) is 0 Å². The number of hydrogen-bond donors (Lipinski definition) is 2. The predicted octanol–water partition coefficient (Wildman–Crippen LogP) is -0.143. The van der Waals surface area contributed by atoms with Crippen LogP contribution in [0, 0.1) is 0 Å². The van der Waals surface area contributed by atoms with Gasteiger partial charge in [0.05, 0.1) is 12.0 Å². The third-order valence-electron chi connectivity index (χ3n) is 1.90. The zero-order valence-corrected chi connectivity index (χ0v) is 7.62. The monoisotopic (exact) mass is 168 g/mol. The van der Waals surface area contributed by atoms with Crippen molar-refractivity contribution in [1.29, 1.82) is 0 Å². The quantitative estimate of drug-likeness (QED) is 0.657. The first-order valence-electron chi connectivity index (χ1n) is 4.12. The lowest BCUT2D eigenvalue weighted by atomic mass is 10.3. The topological polar surface area (TPSA) is 55.9 Å². The van der Waals surface area contributed by atoms with Gasteiger partial charge in [0.1, 0.15) is 0 Å². The average molecular weight is 168 g/mol. The summed E-state index contributed by atoms with van der Waals surface area (Å²) in [5.41, 5.74) is 6.64. The molecule has 4 heteroatoms. The molecule has 0 fully saturated rings. The highest BCUT2D eigenvalue weighted by atomic mass is 15.0. The van der Waals surface area contributed by atoms with Crippen LogP contribution < -0.4 is 11.1 Å². The maximum absolute atomic E-state index is 5.46. The van der Waals surface area contributed by atoms with Gasteiger partial charge in [-0.2, -0.15) is 0 Å². The third-order valence-corrected chi connectivity index (χ3v) is 1.90. The fraction of sp³-hybridized carbons (Fsp3) is 0.625. The maximum atomic E-state index is 5.46. The maximum Gasteiger partial charge on any atom is 0.0945 e. The Hall–Kier alpha value is -0.870. The van der Waals surface area contributed by atoms with Crippen LogP contribution in [0.2, 0.25) is 0 Å². The molecule has 0 amide bonds. The van der Waals surface area contributed by atoms with Gasteiger partial charge in [0.15, 0.2) is 0 Å². The molecule has 4 nitrogen and oxygen atoms in total. The fourth-order valence-corrected chi connectivity index (χ4v) is 0.917. The average Bonchev–Trinajstić information content (AvgIpc) is 2.47. The molecular weight excluding hydrogens is 152 g/mol. The summed E-state index contributed by atoms with van der Waals surface area (Å²) in [4.78, 5) is 4.02. The fourth-order valence-electron chi connectivity index (χ4n) is 0.917. The molecule has 0 aromatic carbocycles. The lowest BCUT2D eigenvalue weighted by Gasteiger charge is -2.10. The minimum Gasteiger partial charge on any atom is -0.337 e. The Morgan fingerprint density at radius 2 is 2.50 bits per heavy atom. The van der Waals surface area contributed by atoms with Crippen LogP contribution in [0.1, 0.15) is 12.6 Å². The Morgan fingerprint density at radius 1 is 1.75 bits per heavy atom. The normalized spacial score (nSPS) is 13.2. The van der Waals surface area contributed by atoms with Crippen LogP contribution in [0.5, 0.6) is 0 Å². The first-order valence-corrected chi connectivity index (χ1v) is 4.12. The van der Waals surface area contributed by atoms with Gasteiger partial charge in [0.2, 0.25) is 0 Å². The molecule has 0 bridgehead atoms. The minimum absolute atomic E-state index is 0.361. The van der Waals surface area contributed by atoms with E-state index in [4.69, 9.17) is 5.73 Å². The van der Waals surface area contributed by atoms with Crippen molar-refractivity contribution in [2.75, 3.05) is 6.54 Å². The summed E-state index contributed by atoms with van der Waals surface area (Å²) < 4.78 is 2.00. The Morgan fingerprint density at radius 3 is 3.00 bits per heavy atom. The Kier molecular flexibility index (Phi) is 3.25. The van der Waals surface area contributed by atoms with Gasteiger partial charge in [-0.25, -0.2) is 4.98 Å². The van der Waals surface area contributed by atoms with Crippen LogP contribution in [-0.4, -0.2) is 22.1 Å². The Labute approximate surface area is 72.8 Å². The number of nitrogens with two attached hydrogens (primary N) is 1. The largest absolute Gasteiger partial charge is 0.337 e. The molecule has 1 unspecified atom stereocenters. The van der Waals surface area contributed by atoms with E-state index in [9.17, 15) is 0 Å².